The van der Waals surface area contributed by atoms with Crippen LogP contribution in [0.4, 0.5) is 10.1 Å². The zero-order valence-corrected chi connectivity index (χ0v) is 17.0. The summed E-state index contributed by atoms with van der Waals surface area (Å²) in [5.41, 5.74) is 0.930. The first kappa shape index (κ1) is 18.2. The van der Waals surface area contributed by atoms with Crippen LogP contribution in [0.25, 0.3) is 22.3 Å². The molecule has 0 amide bonds. The Morgan fingerprint density at radius 3 is 2.76 bits per heavy atom. The summed E-state index contributed by atoms with van der Waals surface area (Å²) < 4.78 is 17.5. The van der Waals surface area contributed by atoms with Crippen molar-refractivity contribution in [2.24, 2.45) is 0 Å². The first-order valence-electron chi connectivity index (χ1n) is 7.45. The summed E-state index contributed by atoms with van der Waals surface area (Å²) in [7, 11) is 0. The van der Waals surface area contributed by atoms with Gasteiger partial charge in [-0.2, -0.15) is 5.10 Å². The van der Waals surface area contributed by atoms with E-state index < -0.39 is 10.6 Å². The highest BCUT2D eigenvalue weighted by molar-refractivity contribution is 14.2. The van der Waals surface area contributed by atoms with Crippen LogP contribution in [0.3, 0.4) is 0 Å². The third kappa shape index (κ3) is 3.67. The fourth-order valence-corrected chi connectivity index (χ4v) is 3.80. The van der Waals surface area contributed by atoms with Crippen LogP contribution in [0.2, 0.25) is 0 Å². The van der Waals surface area contributed by atoms with E-state index in [-0.39, 0.29) is 24.3 Å². The normalized spacial score (nSPS) is 12.5. The van der Waals surface area contributed by atoms with E-state index >= 15 is 0 Å². The van der Waals surface area contributed by atoms with Crippen molar-refractivity contribution < 1.29 is 9.31 Å². The lowest BCUT2D eigenvalue weighted by Gasteiger charge is -2.16. The summed E-state index contributed by atoms with van der Waals surface area (Å²) in [6, 6.07) is 1.74. The van der Waals surface area contributed by atoms with Crippen LogP contribution in [-0.2, 0) is 6.54 Å². The average molecular weight is 475 g/mol. The number of nitro groups is 1. The van der Waals surface area contributed by atoms with Gasteiger partial charge >= 0.3 is 5.69 Å². The Kier molecular flexibility index (Phi) is 4.80. The summed E-state index contributed by atoms with van der Waals surface area (Å²) in [5.74, 6) is 0. The standard InChI is InChI=1S/C15H16FIN5O2P/c1-9-6-20(8-15(2,3)16)12-4-11(18-5-10(9)12)14-13(22(23)24)7-21(19-14)25-17/h4-7,25H,8H2,1-3H3. The summed E-state index contributed by atoms with van der Waals surface area (Å²) in [5, 5.41) is 16.5. The number of pyridine rings is 1. The molecule has 1 unspecified atom stereocenters. The second-order valence-electron chi connectivity index (χ2n) is 6.39. The average Bonchev–Trinajstić information content (AvgIpc) is 3.08. The van der Waals surface area contributed by atoms with Crippen molar-refractivity contribution in [1.82, 2.24) is 19.1 Å². The minimum absolute atomic E-state index is 0.0864. The quantitative estimate of drug-likeness (QED) is 0.233. The molecule has 0 saturated heterocycles. The molecule has 0 radical (unpaired) electrons. The zero-order valence-electron chi connectivity index (χ0n) is 13.8. The fourth-order valence-electron chi connectivity index (χ4n) is 2.75. The van der Waals surface area contributed by atoms with E-state index in [9.17, 15) is 14.5 Å². The third-order valence-electron chi connectivity index (χ3n) is 3.73. The molecule has 0 aliphatic rings. The van der Waals surface area contributed by atoms with E-state index in [1.165, 1.54) is 24.5 Å². The van der Waals surface area contributed by atoms with Crippen LogP contribution < -0.4 is 0 Å². The highest BCUT2D eigenvalue weighted by Crippen LogP contribution is 2.34. The number of hydrogen-bond donors (Lipinski definition) is 0. The van der Waals surface area contributed by atoms with Crippen LogP contribution in [0.5, 0.6) is 0 Å². The molecule has 0 fully saturated rings. The van der Waals surface area contributed by atoms with Gasteiger partial charge in [0.25, 0.3) is 0 Å². The van der Waals surface area contributed by atoms with Crippen molar-refractivity contribution in [2.45, 2.75) is 33.0 Å². The highest BCUT2D eigenvalue weighted by Gasteiger charge is 2.24. The van der Waals surface area contributed by atoms with Gasteiger partial charge in [-0.25, -0.2) is 8.84 Å². The monoisotopic (exact) mass is 475 g/mol. The minimum atomic E-state index is -1.38. The molecule has 10 heteroatoms. The first-order chi connectivity index (χ1) is 11.7. The van der Waals surface area contributed by atoms with Crippen molar-refractivity contribution in [3.8, 4) is 11.4 Å². The van der Waals surface area contributed by atoms with Gasteiger partial charge in [0.15, 0.2) is 5.69 Å². The number of fused-ring (bicyclic) bond motifs is 1. The van der Waals surface area contributed by atoms with Crippen molar-refractivity contribution in [1.29, 1.82) is 0 Å². The lowest BCUT2D eigenvalue weighted by atomic mass is 10.1. The van der Waals surface area contributed by atoms with E-state index in [4.69, 9.17) is 0 Å². The smallest absolute Gasteiger partial charge is 0.316 e. The molecule has 0 aliphatic heterocycles. The predicted octanol–water partition coefficient (Wildman–Crippen LogP) is 4.66. The van der Waals surface area contributed by atoms with Crippen molar-refractivity contribution in [3.63, 3.8) is 0 Å². The molecule has 3 aromatic rings. The third-order valence-corrected chi connectivity index (χ3v) is 5.62. The molecule has 3 aromatic heterocycles. The van der Waals surface area contributed by atoms with Crippen LogP contribution in [0.15, 0.2) is 24.7 Å². The maximum atomic E-state index is 14.1. The molecule has 0 aliphatic carbocycles. The molecule has 132 valence electrons. The van der Waals surface area contributed by atoms with Crippen LogP contribution in [-0.4, -0.2) is 29.7 Å². The van der Waals surface area contributed by atoms with E-state index in [1.807, 2.05) is 17.7 Å². The van der Waals surface area contributed by atoms with Crippen LogP contribution in [0.1, 0.15) is 19.4 Å². The van der Waals surface area contributed by atoms with Gasteiger partial charge in [0.1, 0.15) is 11.9 Å². The molecular weight excluding hydrogens is 459 g/mol. The molecule has 0 bridgehead atoms. The predicted molar refractivity (Wildman–Crippen MR) is 105 cm³/mol. The van der Waals surface area contributed by atoms with E-state index in [1.54, 1.807) is 12.3 Å². The lowest BCUT2D eigenvalue weighted by Crippen LogP contribution is -2.20. The van der Waals surface area contributed by atoms with Gasteiger partial charge in [0.05, 0.1) is 29.1 Å². The number of rotatable bonds is 5. The second-order valence-corrected chi connectivity index (χ2v) is 8.47. The van der Waals surface area contributed by atoms with Crippen molar-refractivity contribution in [3.05, 3.63) is 40.3 Å². The van der Waals surface area contributed by atoms with Gasteiger partial charge < -0.3 is 4.57 Å². The summed E-state index contributed by atoms with van der Waals surface area (Å²) >= 11 is 2.10. The Morgan fingerprint density at radius 2 is 2.16 bits per heavy atom. The van der Waals surface area contributed by atoms with Gasteiger partial charge in [-0.1, -0.05) is 0 Å². The maximum Gasteiger partial charge on any atom is 0.316 e. The Labute approximate surface area is 158 Å². The molecule has 0 spiro atoms. The van der Waals surface area contributed by atoms with Crippen molar-refractivity contribution >= 4 is 45.0 Å². The maximum absolute atomic E-state index is 14.1. The van der Waals surface area contributed by atoms with Crippen LogP contribution in [0, 0.1) is 17.0 Å². The number of halogens is 2. The molecule has 1 atom stereocenters. The Hall–Kier alpha value is -1.61. The number of nitrogens with zero attached hydrogens (tertiary/aromatic N) is 5. The zero-order chi connectivity index (χ0) is 18.4. The molecule has 0 aromatic carbocycles. The molecule has 0 saturated carbocycles. The Morgan fingerprint density at radius 1 is 1.44 bits per heavy atom. The van der Waals surface area contributed by atoms with Gasteiger partial charge in [-0.3, -0.25) is 15.1 Å². The number of hydrogen-bond acceptors (Lipinski definition) is 4. The summed E-state index contributed by atoms with van der Waals surface area (Å²) in [4.78, 5) is 15.2. The fraction of sp³-hybridized carbons (Fsp3) is 0.333. The number of aryl methyl sites for hydroxylation is 1. The lowest BCUT2D eigenvalue weighted by molar-refractivity contribution is -0.384. The Bertz CT molecular complexity index is 963. The van der Waals surface area contributed by atoms with Gasteiger partial charge in [0, 0.05) is 17.8 Å². The molecular formula is C15H16FIN5O2P. The summed E-state index contributed by atoms with van der Waals surface area (Å²) in [6.45, 7) is 5.15. The van der Waals surface area contributed by atoms with Gasteiger partial charge in [0.2, 0.25) is 0 Å². The van der Waals surface area contributed by atoms with E-state index in [2.05, 4.69) is 32.1 Å². The van der Waals surface area contributed by atoms with Gasteiger partial charge in [-0.05, 0) is 54.4 Å². The van der Waals surface area contributed by atoms with Gasteiger partial charge in [-0.15, -0.1) is 0 Å². The number of aromatic nitrogens is 4. The largest absolute Gasteiger partial charge is 0.344 e. The van der Waals surface area contributed by atoms with Crippen LogP contribution >= 0.6 is 28.4 Å². The Balaban J connectivity index is 2.17. The first-order valence-corrected chi connectivity index (χ1v) is 11.5. The topological polar surface area (TPSA) is 78.8 Å². The molecule has 25 heavy (non-hydrogen) atoms. The molecule has 3 rings (SSSR count). The SMILES string of the molecule is Cc1cn(CC(C)(C)F)c2cc(-c3nn(PI)cc3[N+](=O)[O-])ncc12. The van der Waals surface area contributed by atoms with E-state index in [0.29, 0.717) is 5.69 Å². The summed E-state index contributed by atoms with van der Waals surface area (Å²) in [6.07, 6.45) is 5.19. The van der Waals surface area contributed by atoms with E-state index in [0.717, 1.165) is 16.5 Å². The minimum Gasteiger partial charge on any atom is -0.344 e. The highest BCUT2D eigenvalue weighted by atomic mass is 127. The van der Waals surface area contributed by atoms with Crippen molar-refractivity contribution in [2.75, 3.05) is 0 Å². The molecule has 3 heterocycles. The number of alkyl halides is 1. The second kappa shape index (κ2) is 6.60. The molecule has 0 N–H and O–H groups in total. The molecule has 7 nitrogen and oxygen atoms in total.